The summed E-state index contributed by atoms with van der Waals surface area (Å²) in [7, 11) is 3.84. The van der Waals surface area contributed by atoms with Gasteiger partial charge in [-0.1, -0.05) is 6.42 Å². The maximum Gasteiger partial charge on any atom is 0.317 e. The van der Waals surface area contributed by atoms with Gasteiger partial charge in [-0.2, -0.15) is 5.10 Å². The smallest absolute Gasteiger partial charge is 0.317 e. The molecule has 112 valence electrons. The Morgan fingerprint density at radius 2 is 2.15 bits per heavy atom. The van der Waals surface area contributed by atoms with E-state index >= 15 is 0 Å². The fourth-order valence-corrected chi connectivity index (χ4v) is 2.75. The Labute approximate surface area is 121 Å². The summed E-state index contributed by atoms with van der Waals surface area (Å²) in [5, 5.41) is 7.39. The number of aryl methyl sites for hydroxylation is 2. The van der Waals surface area contributed by atoms with Crippen molar-refractivity contribution >= 4 is 6.03 Å². The van der Waals surface area contributed by atoms with Gasteiger partial charge in [0.1, 0.15) is 0 Å². The topological polar surface area (TPSA) is 50.2 Å². The van der Waals surface area contributed by atoms with Gasteiger partial charge in [-0.3, -0.25) is 4.68 Å². The highest BCUT2D eigenvalue weighted by Crippen LogP contribution is 2.26. The van der Waals surface area contributed by atoms with Crippen LogP contribution in [0.1, 0.15) is 36.2 Å². The molecule has 0 aliphatic heterocycles. The van der Waals surface area contributed by atoms with Crippen molar-refractivity contribution in [2.24, 2.45) is 13.0 Å². The van der Waals surface area contributed by atoms with Crippen LogP contribution in [-0.2, 0) is 13.5 Å². The number of nitrogens with zero attached hydrogens (tertiary/aromatic N) is 3. The van der Waals surface area contributed by atoms with E-state index in [1.807, 2.05) is 30.6 Å². The first kappa shape index (κ1) is 14.9. The van der Waals surface area contributed by atoms with E-state index in [1.54, 1.807) is 0 Å². The number of nitrogens with one attached hydrogen (secondary N) is 1. The highest BCUT2D eigenvalue weighted by molar-refractivity contribution is 5.73. The molecule has 1 heterocycles. The summed E-state index contributed by atoms with van der Waals surface area (Å²) in [6.07, 6.45) is 4.70. The van der Waals surface area contributed by atoms with Crippen LogP contribution in [0.4, 0.5) is 4.79 Å². The van der Waals surface area contributed by atoms with E-state index in [2.05, 4.69) is 17.3 Å². The molecule has 1 aliphatic rings. The quantitative estimate of drug-likeness (QED) is 0.896. The van der Waals surface area contributed by atoms with Crippen molar-refractivity contribution in [2.45, 2.75) is 39.5 Å². The summed E-state index contributed by atoms with van der Waals surface area (Å²) in [5.74, 6) is 0.716. The molecular weight excluding hydrogens is 252 g/mol. The van der Waals surface area contributed by atoms with Gasteiger partial charge in [-0.05, 0) is 44.6 Å². The first-order valence-corrected chi connectivity index (χ1v) is 7.47. The van der Waals surface area contributed by atoms with E-state index < -0.39 is 0 Å². The molecule has 0 radical (unpaired) electrons. The average molecular weight is 278 g/mol. The largest absolute Gasteiger partial charge is 0.338 e. The van der Waals surface area contributed by atoms with Crippen molar-refractivity contribution in [3.63, 3.8) is 0 Å². The second-order valence-electron chi connectivity index (χ2n) is 5.93. The van der Waals surface area contributed by atoms with Gasteiger partial charge in [0.05, 0.1) is 5.69 Å². The summed E-state index contributed by atoms with van der Waals surface area (Å²) in [6, 6.07) is 0.0381. The molecule has 1 aromatic rings. The minimum atomic E-state index is 0.0381. The molecular formula is C15H26N4O. The number of rotatable bonds is 5. The molecule has 20 heavy (non-hydrogen) atoms. The molecule has 0 atom stereocenters. The van der Waals surface area contributed by atoms with Gasteiger partial charge in [-0.15, -0.1) is 0 Å². The number of carbonyl (C=O) groups is 1. The summed E-state index contributed by atoms with van der Waals surface area (Å²) < 4.78 is 1.90. The molecule has 1 fully saturated rings. The van der Waals surface area contributed by atoms with Crippen molar-refractivity contribution in [3.05, 3.63) is 17.0 Å². The van der Waals surface area contributed by atoms with Crippen LogP contribution < -0.4 is 5.32 Å². The Kier molecular flexibility index (Phi) is 4.68. The van der Waals surface area contributed by atoms with Gasteiger partial charge in [0, 0.05) is 32.9 Å². The van der Waals surface area contributed by atoms with Crippen LogP contribution in [0.5, 0.6) is 0 Å². The van der Waals surface area contributed by atoms with Gasteiger partial charge in [0.25, 0.3) is 0 Å². The van der Waals surface area contributed by atoms with Crippen LogP contribution in [0.2, 0.25) is 0 Å². The molecule has 0 spiro atoms. The molecule has 5 nitrogen and oxygen atoms in total. The highest BCUT2D eigenvalue weighted by Gasteiger charge is 2.21. The molecule has 0 saturated heterocycles. The zero-order valence-corrected chi connectivity index (χ0v) is 13.1. The monoisotopic (exact) mass is 278 g/mol. The lowest BCUT2D eigenvalue weighted by atomic mass is 9.85. The third-order valence-corrected chi connectivity index (χ3v) is 4.41. The zero-order valence-electron chi connectivity index (χ0n) is 13.1. The number of urea groups is 1. The number of aromatic nitrogens is 2. The molecule has 1 aliphatic carbocycles. The Balaban J connectivity index is 1.75. The van der Waals surface area contributed by atoms with Crippen molar-refractivity contribution in [1.82, 2.24) is 20.0 Å². The first-order valence-electron chi connectivity index (χ1n) is 7.47. The molecule has 2 rings (SSSR count). The molecule has 0 aromatic carbocycles. The van der Waals surface area contributed by atoms with E-state index in [0.29, 0.717) is 12.5 Å². The van der Waals surface area contributed by atoms with Crippen LogP contribution in [0, 0.1) is 19.8 Å². The molecule has 2 amide bonds. The molecule has 1 aromatic heterocycles. The Morgan fingerprint density at radius 3 is 2.65 bits per heavy atom. The predicted octanol–water partition coefficient (Wildman–Crippen LogP) is 2.02. The van der Waals surface area contributed by atoms with Crippen molar-refractivity contribution in [2.75, 3.05) is 20.1 Å². The molecule has 0 bridgehead atoms. The van der Waals surface area contributed by atoms with E-state index in [-0.39, 0.29) is 6.03 Å². The third-order valence-electron chi connectivity index (χ3n) is 4.41. The Morgan fingerprint density at radius 1 is 1.45 bits per heavy atom. The predicted molar refractivity (Wildman–Crippen MR) is 79.8 cm³/mol. The fourth-order valence-electron chi connectivity index (χ4n) is 2.75. The Hall–Kier alpha value is -1.52. The van der Waals surface area contributed by atoms with Gasteiger partial charge in [-0.25, -0.2) is 4.79 Å². The average Bonchev–Trinajstić information content (AvgIpc) is 2.59. The van der Waals surface area contributed by atoms with Crippen LogP contribution in [-0.4, -0.2) is 40.8 Å². The van der Waals surface area contributed by atoms with Crippen LogP contribution >= 0.6 is 0 Å². The van der Waals surface area contributed by atoms with Gasteiger partial charge in [0.15, 0.2) is 0 Å². The summed E-state index contributed by atoms with van der Waals surface area (Å²) >= 11 is 0. The molecule has 5 heteroatoms. The van der Waals surface area contributed by atoms with Crippen molar-refractivity contribution in [1.29, 1.82) is 0 Å². The normalized spacial score (nSPS) is 15.0. The molecule has 1 saturated carbocycles. The lowest BCUT2D eigenvalue weighted by molar-refractivity contribution is 0.183. The second-order valence-corrected chi connectivity index (χ2v) is 5.93. The second kappa shape index (κ2) is 6.29. The summed E-state index contributed by atoms with van der Waals surface area (Å²) in [6.45, 7) is 5.64. The van der Waals surface area contributed by atoms with Crippen LogP contribution in [0.3, 0.4) is 0 Å². The highest BCUT2D eigenvalue weighted by atomic mass is 16.2. The van der Waals surface area contributed by atoms with E-state index in [1.165, 1.54) is 30.5 Å². The fraction of sp³-hybridized carbons (Fsp3) is 0.733. The molecule has 0 unspecified atom stereocenters. The van der Waals surface area contributed by atoms with Crippen molar-refractivity contribution in [3.8, 4) is 0 Å². The van der Waals surface area contributed by atoms with Crippen molar-refractivity contribution < 1.29 is 4.79 Å². The zero-order chi connectivity index (χ0) is 14.7. The molecule has 1 N–H and O–H groups in total. The van der Waals surface area contributed by atoms with E-state index in [4.69, 9.17) is 0 Å². The summed E-state index contributed by atoms with van der Waals surface area (Å²) in [5.41, 5.74) is 3.48. The maximum atomic E-state index is 12.0. The van der Waals surface area contributed by atoms with Gasteiger partial charge >= 0.3 is 6.03 Å². The SMILES string of the molecule is Cc1nn(C)c(C)c1CCNC(=O)N(C)CC1CCC1. The van der Waals surface area contributed by atoms with Crippen LogP contribution in [0.25, 0.3) is 0 Å². The van der Waals surface area contributed by atoms with Crippen LogP contribution in [0.15, 0.2) is 0 Å². The summed E-state index contributed by atoms with van der Waals surface area (Å²) in [4.78, 5) is 13.8. The first-order chi connectivity index (χ1) is 9.49. The van der Waals surface area contributed by atoms with Gasteiger partial charge < -0.3 is 10.2 Å². The third kappa shape index (κ3) is 3.32. The number of carbonyl (C=O) groups excluding carboxylic acids is 1. The number of hydrogen-bond donors (Lipinski definition) is 1. The lowest BCUT2D eigenvalue weighted by Crippen LogP contribution is -2.41. The number of hydrogen-bond acceptors (Lipinski definition) is 2. The lowest BCUT2D eigenvalue weighted by Gasteiger charge is -2.30. The minimum Gasteiger partial charge on any atom is -0.338 e. The van der Waals surface area contributed by atoms with Gasteiger partial charge in [0.2, 0.25) is 0 Å². The standard InChI is InChI=1S/C15H26N4O/c1-11-14(12(2)19(4)17-11)8-9-16-15(20)18(3)10-13-6-5-7-13/h13H,5-10H2,1-4H3,(H,16,20). The minimum absolute atomic E-state index is 0.0381. The van der Waals surface area contributed by atoms with E-state index in [0.717, 1.165) is 18.7 Å². The maximum absolute atomic E-state index is 12.0. The Bertz CT molecular complexity index is 476. The number of amides is 2. The van der Waals surface area contributed by atoms with E-state index in [9.17, 15) is 4.79 Å².